The van der Waals surface area contributed by atoms with Crippen LogP contribution in [0.25, 0.3) is 0 Å². The second kappa shape index (κ2) is 6.27. The van der Waals surface area contributed by atoms with Crippen molar-refractivity contribution in [3.8, 4) is 0 Å². The highest BCUT2D eigenvalue weighted by molar-refractivity contribution is 6.35. The maximum atomic E-state index is 10.7. The van der Waals surface area contributed by atoms with Crippen molar-refractivity contribution in [3.63, 3.8) is 0 Å². The molecule has 6 heteroatoms. The van der Waals surface area contributed by atoms with Gasteiger partial charge in [-0.15, -0.1) is 0 Å². The molecule has 0 unspecified atom stereocenters. The Morgan fingerprint density at radius 3 is 2.39 bits per heavy atom. The van der Waals surface area contributed by atoms with Crippen molar-refractivity contribution in [2.45, 2.75) is 6.54 Å². The van der Waals surface area contributed by atoms with Crippen LogP contribution < -0.4 is 4.90 Å². The SMILES string of the molecule is CN(CC(=O)O)Cc1c(Cl)cc(Cl)cc1N(C)C. The summed E-state index contributed by atoms with van der Waals surface area (Å²) in [6, 6.07) is 3.48. The van der Waals surface area contributed by atoms with E-state index in [1.54, 1.807) is 18.0 Å². The zero-order valence-electron chi connectivity index (χ0n) is 10.6. The first-order valence-electron chi connectivity index (χ1n) is 5.37. The summed E-state index contributed by atoms with van der Waals surface area (Å²) in [5.74, 6) is -0.867. The first kappa shape index (κ1) is 15.1. The van der Waals surface area contributed by atoms with E-state index in [1.165, 1.54) is 0 Å². The summed E-state index contributed by atoms with van der Waals surface area (Å²) in [5.41, 5.74) is 1.76. The summed E-state index contributed by atoms with van der Waals surface area (Å²) >= 11 is 12.1. The molecule has 1 rings (SSSR count). The largest absolute Gasteiger partial charge is 0.480 e. The molecular weight excluding hydrogens is 275 g/mol. The fraction of sp³-hybridized carbons (Fsp3) is 0.417. The van der Waals surface area contributed by atoms with Gasteiger partial charge >= 0.3 is 5.97 Å². The quantitative estimate of drug-likeness (QED) is 0.905. The van der Waals surface area contributed by atoms with Crippen molar-refractivity contribution >= 4 is 34.9 Å². The van der Waals surface area contributed by atoms with Gasteiger partial charge in [-0.05, 0) is 19.2 Å². The number of carboxylic acid groups (broad SMARTS) is 1. The van der Waals surface area contributed by atoms with Crippen LogP contribution in [0.1, 0.15) is 5.56 Å². The molecule has 0 aliphatic rings. The molecule has 4 nitrogen and oxygen atoms in total. The molecule has 0 heterocycles. The third kappa shape index (κ3) is 4.05. The van der Waals surface area contributed by atoms with Crippen molar-refractivity contribution in [1.29, 1.82) is 0 Å². The van der Waals surface area contributed by atoms with Gasteiger partial charge in [0.25, 0.3) is 0 Å². The van der Waals surface area contributed by atoms with Crippen LogP contribution in [0.2, 0.25) is 10.0 Å². The third-order valence-corrected chi connectivity index (χ3v) is 3.01. The minimum atomic E-state index is -0.867. The molecule has 18 heavy (non-hydrogen) atoms. The lowest BCUT2D eigenvalue weighted by molar-refractivity contribution is -0.138. The first-order valence-corrected chi connectivity index (χ1v) is 6.12. The topological polar surface area (TPSA) is 43.8 Å². The summed E-state index contributed by atoms with van der Waals surface area (Å²) in [5, 5.41) is 9.86. The van der Waals surface area contributed by atoms with Gasteiger partial charge in [0.1, 0.15) is 0 Å². The van der Waals surface area contributed by atoms with E-state index in [4.69, 9.17) is 28.3 Å². The summed E-state index contributed by atoms with van der Waals surface area (Å²) < 4.78 is 0. The minimum absolute atomic E-state index is 0.0359. The molecule has 0 fully saturated rings. The van der Waals surface area contributed by atoms with Gasteiger partial charge in [-0.1, -0.05) is 23.2 Å². The number of anilines is 1. The Balaban J connectivity index is 3.03. The Morgan fingerprint density at radius 2 is 1.89 bits per heavy atom. The molecule has 100 valence electrons. The van der Waals surface area contributed by atoms with Gasteiger partial charge in [0, 0.05) is 41.9 Å². The second-order valence-electron chi connectivity index (χ2n) is 4.35. The minimum Gasteiger partial charge on any atom is -0.480 e. The maximum Gasteiger partial charge on any atom is 0.317 e. The van der Waals surface area contributed by atoms with E-state index in [0.717, 1.165) is 11.3 Å². The van der Waals surface area contributed by atoms with Gasteiger partial charge in [-0.3, -0.25) is 9.69 Å². The molecule has 0 radical (unpaired) electrons. The number of rotatable bonds is 5. The molecule has 1 aromatic rings. The molecule has 1 N–H and O–H groups in total. The monoisotopic (exact) mass is 290 g/mol. The summed E-state index contributed by atoms with van der Waals surface area (Å²) in [6.07, 6.45) is 0. The van der Waals surface area contributed by atoms with E-state index in [0.29, 0.717) is 16.6 Å². The number of likely N-dealkylation sites (N-methyl/N-ethyl adjacent to an activating group) is 1. The normalized spacial score (nSPS) is 10.8. The predicted molar refractivity (Wildman–Crippen MR) is 74.8 cm³/mol. The number of aliphatic carboxylic acids is 1. The number of nitrogens with zero attached hydrogens (tertiary/aromatic N) is 2. The lowest BCUT2D eigenvalue weighted by atomic mass is 10.1. The van der Waals surface area contributed by atoms with E-state index in [2.05, 4.69) is 0 Å². The summed E-state index contributed by atoms with van der Waals surface area (Å²) in [7, 11) is 5.52. The molecular formula is C12H16Cl2N2O2. The Bertz CT molecular complexity index is 450. The highest BCUT2D eigenvalue weighted by Crippen LogP contribution is 2.31. The van der Waals surface area contributed by atoms with E-state index in [-0.39, 0.29) is 6.54 Å². The molecule has 0 amide bonds. The van der Waals surface area contributed by atoms with E-state index < -0.39 is 5.97 Å². The summed E-state index contributed by atoms with van der Waals surface area (Å²) in [4.78, 5) is 14.2. The summed E-state index contributed by atoms with van der Waals surface area (Å²) in [6.45, 7) is 0.418. The van der Waals surface area contributed by atoms with Gasteiger partial charge in [0.05, 0.1) is 6.54 Å². The maximum absolute atomic E-state index is 10.7. The van der Waals surface area contributed by atoms with Crippen LogP contribution in [0, 0.1) is 0 Å². The third-order valence-electron chi connectivity index (χ3n) is 2.45. The molecule has 0 aliphatic heterocycles. The number of carboxylic acids is 1. The molecule has 0 aromatic heterocycles. The standard InChI is InChI=1S/C12H16Cl2N2O2/c1-15(2)11-5-8(13)4-10(14)9(11)6-16(3)7-12(17)18/h4-5H,6-7H2,1-3H3,(H,17,18). The average Bonchev–Trinajstić information content (AvgIpc) is 2.20. The number of benzene rings is 1. The zero-order valence-corrected chi connectivity index (χ0v) is 12.1. The van der Waals surface area contributed by atoms with Crippen LogP contribution in [-0.2, 0) is 11.3 Å². The average molecular weight is 291 g/mol. The van der Waals surface area contributed by atoms with Crippen LogP contribution in [0.15, 0.2) is 12.1 Å². The smallest absolute Gasteiger partial charge is 0.317 e. The zero-order chi connectivity index (χ0) is 13.9. The fourth-order valence-electron chi connectivity index (χ4n) is 1.70. The van der Waals surface area contributed by atoms with Crippen molar-refractivity contribution in [1.82, 2.24) is 4.90 Å². The van der Waals surface area contributed by atoms with Gasteiger partial charge in [0.15, 0.2) is 0 Å². The Labute approximate surface area is 117 Å². The van der Waals surface area contributed by atoms with E-state index >= 15 is 0 Å². The van der Waals surface area contributed by atoms with Gasteiger partial charge < -0.3 is 10.0 Å². The number of hydrogen-bond acceptors (Lipinski definition) is 3. The number of carbonyl (C=O) groups is 1. The van der Waals surface area contributed by atoms with Crippen LogP contribution >= 0.6 is 23.2 Å². The molecule has 1 aromatic carbocycles. The molecule has 0 aliphatic carbocycles. The highest BCUT2D eigenvalue weighted by atomic mass is 35.5. The molecule has 0 atom stereocenters. The van der Waals surface area contributed by atoms with E-state index in [1.807, 2.05) is 25.1 Å². The van der Waals surface area contributed by atoms with Crippen LogP contribution in [0.3, 0.4) is 0 Å². The number of hydrogen-bond donors (Lipinski definition) is 1. The first-order chi connectivity index (χ1) is 8.31. The van der Waals surface area contributed by atoms with Crippen LogP contribution in [0.4, 0.5) is 5.69 Å². The van der Waals surface area contributed by atoms with Crippen molar-refractivity contribution in [2.75, 3.05) is 32.6 Å². The highest BCUT2D eigenvalue weighted by Gasteiger charge is 2.14. The lowest BCUT2D eigenvalue weighted by Crippen LogP contribution is -2.26. The van der Waals surface area contributed by atoms with E-state index in [9.17, 15) is 4.79 Å². The molecule has 0 bridgehead atoms. The van der Waals surface area contributed by atoms with Crippen LogP contribution in [-0.4, -0.2) is 43.7 Å². The van der Waals surface area contributed by atoms with Gasteiger partial charge in [-0.2, -0.15) is 0 Å². The van der Waals surface area contributed by atoms with Crippen molar-refractivity contribution < 1.29 is 9.90 Å². The fourth-order valence-corrected chi connectivity index (χ4v) is 2.24. The van der Waals surface area contributed by atoms with Crippen molar-refractivity contribution in [3.05, 3.63) is 27.7 Å². The van der Waals surface area contributed by atoms with Crippen molar-refractivity contribution in [2.24, 2.45) is 0 Å². The Morgan fingerprint density at radius 1 is 1.28 bits per heavy atom. The van der Waals surface area contributed by atoms with Gasteiger partial charge in [-0.25, -0.2) is 0 Å². The van der Waals surface area contributed by atoms with Crippen LogP contribution in [0.5, 0.6) is 0 Å². The second-order valence-corrected chi connectivity index (χ2v) is 5.19. The Hall–Kier alpha value is -0.970. The van der Waals surface area contributed by atoms with Gasteiger partial charge in [0.2, 0.25) is 0 Å². The Kier molecular flexibility index (Phi) is 5.26. The lowest BCUT2D eigenvalue weighted by Gasteiger charge is -2.22. The molecule has 0 spiro atoms. The molecule has 0 saturated heterocycles. The predicted octanol–water partition coefficient (Wildman–Crippen LogP) is 2.58. The number of halogens is 2. The molecule has 0 saturated carbocycles.